The Morgan fingerprint density at radius 1 is 1.50 bits per heavy atom. The first-order valence-corrected chi connectivity index (χ1v) is 6.41. The third kappa shape index (κ3) is 2.67. The van der Waals surface area contributed by atoms with Crippen molar-refractivity contribution < 1.29 is 9.53 Å². The summed E-state index contributed by atoms with van der Waals surface area (Å²) in [6.45, 7) is 3.97. The molecular formula is C14H16ClNO2. The van der Waals surface area contributed by atoms with E-state index in [-0.39, 0.29) is 12.0 Å². The zero-order chi connectivity index (χ0) is 13.1. The van der Waals surface area contributed by atoms with E-state index in [1.165, 1.54) is 6.26 Å². The number of nitrogens with one attached hydrogen (secondary N) is 1. The summed E-state index contributed by atoms with van der Waals surface area (Å²) in [5.74, 6) is 0.0729. The maximum atomic E-state index is 11.7. The smallest absolute Gasteiger partial charge is 0.197 e. The van der Waals surface area contributed by atoms with Crippen LogP contribution in [0.25, 0.3) is 0 Å². The van der Waals surface area contributed by atoms with E-state index in [9.17, 15) is 4.79 Å². The Bertz CT molecular complexity index is 497. The van der Waals surface area contributed by atoms with E-state index >= 15 is 0 Å². The highest BCUT2D eigenvalue weighted by atomic mass is 35.5. The number of aryl methyl sites for hydroxylation is 1. The van der Waals surface area contributed by atoms with Gasteiger partial charge in [-0.25, -0.2) is 0 Å². The topological polar surface area (TPSA) is 38.3 Å². The molecule has 0 fully saturated rings. The zero-order valence-corrected chi connectivity index (χ0v) is 11.3. The highest BCUT2D eigenvalue weighted by Gasteiger charge is 2.24. The molecule has 0 radical (unpaired) electrons. The van der Waals surface area contributed by atoms with Gasteiger partial charge in [0.25, 0.3) is 0 Å². The number of carbonyl (C=O) groups excluding carboxylic acids is 1. The Morgan fingerprint density at radius 2 is 2.28 bits per heavy atom. The minimum Gasteiger partial charge on any atom is -0.472 e. The first-order valence-electron chi connectivity index (χ1n) is 6.03. The lowest BCUT2D eigenvalue weighted by Gasteiger charge is -2.14. The van der Waals surface area contributed by atoms with Crippen molar-refractivity contribution in [2.24, 2.45) is 0 Å². The number of ketones is 1. The maximum absolute atomic E-state index is 11.7. The van der Waals surface area contributed by atoms with Gasteiger partial charge in [0.05, 0.1) is 0 Å². The second kappa shape index (κ2) is 5.44. The van der Waals surface area contributed by atoms with Crippen LogP contribution in [0.4, 0.5) is 0 Å². The molecule has 18 heavy (non-hydrogen) atoms. The summed E-state index contributed by atoms with van der Waals surface area (Å²) in [4.78, 5) is 11.7. The van der Waals surface area contributed by atoms with E-state index in [0.717, 1.165) is 17.5 Å². The summed E-state index contributed by atoms with van der Waals surface area (Å²) < 4.78 is 5.48. The van der Waals surface area contributed by atoms with E-state index in [1.807, 2.05) is 32.0 Å². The van der Waals surface area contributed by atoms with Crippen LogP contribution < -0.4 is 5.32 Å². The second-order valence-electron chi connectivity index (χ2n) is 4.39. The van der Waals surface area contributed by atoms with E-state index < -0.39 is 0 Å². The number of allylic oxidation sites excluding steroid dienone is 1. The summed E-state index contributed by atoms with van der Waals surface area (Å²) in [6.07, 6.45) is 2.47. The number of carbonyl (C=O) groups is 1. The molecule has 96 valence electrons. The van der Waals surface area contributed by atoms with Crippen LogP contribution >= 0.6 is 11.6 Å². The quantitative estimate of drug-likeness (QED) is 0.906. The van der Waals surface area contributed by atoms with Crippen molar-refractivity contribution in [2.45, 2.75) is 32.9 Å². The highest BCUT2D eigenvalue weighted by molar-refractivity contribution is 6.31. The Morgan fingerprint density at radius 3 is 3.00 bits per heavy atom. The van der Waals surface area contributed by atoms with Gasteiger partial charge < -0.3 is 10.1 Å². The van der Waals surface area contributed by atoms with Crippen molar-refractivity contribution in [3.8, 4) is 0 Å². The van der Waals surface area contributed by atoms with E-state index in [1.54, 1.807) is 0 Å². The van der Waals surface area contributed by atoms with Crippen molar-refractivity contribution in [3.05, 3.63) is 46.3 Å². The van der Waals surface area contributed by atoms with E-state index in [2.05, 4.69) is 5.32 Å². The van der Waals surface area contributed by atoms with Crippen LogP contribution in [0.5, 0.6) is 0 Å². The summed E-state index contributed by atoms with van der Waals surface area (Å²) in [7, 11) is 0. The van der Waals surface area contributed by atoms with Crippen molar-refractivity contribution in [1.29, 1.82) is 0 Å². The third-order valence-corrected chi connectivity index (χ3v) is 3.16. The average Bonchev–Trinajstić information content (AvgIpc) is 2.82. The lowest BCUT2D eigenvalue weighted by atomic mass is 10.1. The molecule has 1 heterocycles. The van der Waals surface area contributed by atoms with Gasteiger partial charge in [-0.2, -0.15) is 0 Å². The van der Waals surface area contributed by atoms with Crippen LogP contribution in [-0.4, -0.2) is 5.78 Å². The molecule has 0 saturated carbocycles. The maximum Gasteiger partial charge on any atom is 0.197 e. The molecule has 1 N–H and O–H groups in total. The third-order valence-electron chi connectivity index (χ3n) is 2.82. The Balaban J connectivity index is 2.11. The van der Waals surface area contributed by atoms with Gasteiger partial charge in [-0.3, -0.25) is 4.79 Å². The summed E-state index contributed by atoms with van der Waals surface area (Å²) in [5.41, 5.74) is 2.49. The van der Waals surface area contributed by atoms with Crippen LogP contribution in [0, 0.1) is 6.92 Å². The van der Waals surface area contributed by atoms with Gasteiger partial charge >= 0.3 is 0 Å². The van der Waals surface area contributed by atoms with Crippen molar-refractivity contribution >= 4 is 17.4 Å². The largest absolute Gasteiger partial charge is 0.472 e. The predicted octanol–water partition coefficient (Wildman–Crippen LogP) is 3.48. The van der Waals surface area contributed by atoms with E-state index in [0.29, 0.717) is 17.1 Å². The number of halogens is 1. The molecule has 1 unspecified atom stereocenters. The minimum absolute atomic E-state index is 0.0729. The SMILES string of the molecule is CCCC(=O)C1=COC(c2cc(C)ccc2Cl)N1. The number of Topliss-reactive ketones (excluding diaryl/α,β-unsaturated/α-hetero) is 1. The van der Waals surface area contributed by atoms with Gasteiger partial charge in [0.1, 0.15) is 12.0 Å². The van der Waals surface area contributed by atoms with Crippen LogP contribution in [-0.2, 0) is 9.53 Å². The Kier molecular flexibility index (Phi) is 3.92. The van der Waals surface area contributed by atoms with Crippen molar-refractivity contribution in [2.75, 3.05) is 0 Å². The fourth-order valence-electron chi connectivity index (χ4n) is 1.87. The Labute approximate surface area is 112 Å². The molecule has 0 saturated heterocycles. The monoisotopic (exact) mass is 265 g/mol. The lowest BCUT2D eigenvalue weighted by molar-refractivity contribution is -0.115. The lowest BCUT2D eigenvalue weighted by Crippen LogP contribution is -2.20. The molecular weight excluding hydrogens is 250 g/mol. The summed E-state index contributed by atoms with van der Waals surface area (Å²) in [6, 6.07) is 5.74. The average molecular weight is 266 g/mol. The number of benzene rings is 1. The molecule has 0 amide bonds. The van der Waals surface area contributed by atoms with E-state index in [4.69, 9.17) is 16.3 Å². The predicted molar refractivity (Wildman–Crippen MR) is 71.1 cm³/mol. The molecule has 1 aliphatic rings. The molecule has 4 heteroatoms. The standard InChI is InChI=1S/C14H16ClNO2/c1-3-4-13(17)12-8-18-14(16-12)10-7-9(2)5-6-11(10)15/h5-8,14,16H,3-4H2,1-2H3. The first kappa shape index (κ1) is 13.0. The second-order valence-corrected chi connectivity index (χ2v) is 4.80. The van der Waals surface area contributed by atoms with Gasteiger partial charge in [0.2, 0.25) is 0 Å². The minimum atomic E-state index is -0.367. The summed E-state index contributed by atoms with van der Waals surface area (Å²) >= 11 is 6.14. The molecule has 0 bridgehead atoms. The van der Waals surface area contributed by atoms with Crippen LogP contribution in [0.1, 0.15) is 37.1 Å². The molecule has 0 aromatic heterocycles. The normalized spacial score (nSPS) is 17.9. The fraction of sp³-hybridized carbons (Fsp3) is 0.357. The van der Waals surface area contributed by atoms with Crippen LogP contribution in [0.3, 0.4) is 0 Å². The molecule has 1 atom stereocenters. The van der Waals surface area contributed by atoms with Crippen molar-refractivity contribution in [1.82, 2.24) is 5.32 Å². The molecule has 2 rings (SSSR count). The molecule has 1 aromatic rings. The molecule has 3 nitrogen and oxygen atoms in total. The summed E-state index contributed by atoms with van der Waals surface area (Å²) in [5, 5.41) is 3.70. The number of hydrogen-bond donors (Lipinski definition) is 1. The first-order chi connectivity index (χ1) is 8.61. The highest BCUT2D eigenvalue weighted by Crippen LogP contribution is 2.29. The molecule has 0 spiro atoms. The number of rotatable bonds is 4. The van der Waals surface area contributed by atoms with Gasteiger partial charge in [0.15, 0.2) is 12.0 Å². The van der Waals surface area contributed by atoms with Crippen LogP contribution in [0.15, 0.2) is 30.2 Å². The zero-order valence-electron chi connectivity index (χ0n) is 10.5. The number of ether oxygens (including phenoxy) is 1. The number of hydrogen-bond acceptors (Lipinski definition) is 3. The van der Waals surface area contributed by atoms with Gasteiger partial charge in [0, 0.05) is 17.0 Å². The van der Waals surface area contributed by atoms with Gasteiger partial charge in [-0.05, 0) is 25.5 Å². The van der Waals surface area contributed by atoms with Crippen LogP contribution in [0.2, 0.25) is 5.02 Å². The van der Waals surface area contributed by atoms with Gasteiger partial charge in [-0.1, -0.05) is 30.2 Å². The van der Waals surface area contributed by atoms with Gasteiger partial charge in [-0.15, -0.1) is 0 Å². The van der Waals surface area contributed by atoms with Crippen molar-refractivity contribution in [3.63, 3.8) is 0 Å². The molecule has 1 aromatic carbocycles. The molecule has 0 aliphatic carbocycles. The Hall–Kier alpha value is -1.48. The fourth-order valence-corrected chi connectivity index (χ4v) is 2.09. The molecule has 1 aliphatic heterocycles.